The zero-order valence-electron chi connectivity index (χ0n) is 7.55. The second kappa shape index (κ2) is 4.85. The zero-order chi connectivity index (χ0) is 8.97. The van der Waals surface area contributed by atoms with Gasteiger partial charge in [0, 0.05) is 24.8 Å². The molecule has 0 radical (unpaired) electrons. The van der Waals surface area contributed by atoms with Crippen molar-refractivity contribution in [3.8, 4) is 0 Å². The molecule has 1 saturated heterocycles. The lowest BCUT2D eigenvalue weighted by Crippen LogP contribution is -2.28. The SMILES string of the molecule is CCC1CCN(C(=O)CCBr)C1. The molecule has 70 valence electrons. The van der Waals surface area contributed by atoms with Crippen LogP contribution in [0.3, 0.4) is 0 Å². The summed E-state index contributed by atoms with van der Waals surface area (Å²) in [5, 5.41) is 0.791. The predicted octanol–water partition coefficient (Wildman–Crippen LogP) is 2.03. The molecule has 0 aliphatic carbocycles. The number of likely N-dealkylation sites (tertiary alicyclic amines) is 1. The fourth-order valence-electron chi connectivity index (χ4n) is 1.63. The molecule has 1 rings (SSSR count). The van der Waals surface area contributed by atoms with Crippen molar-refractivity contribution in [1.29, 1.82) is 0 Å². The first-order valence-electron chi connectivity index (χ1n) is 4.61. The van der Waals surface area contributed by atoms with Crippen LogP contribution in [0.25, 0.3) is 0 Å². The van der Waals surface area contributed by atoms with Gasteiger partial charge in [-0.1, -0.05) is 29.3 Å². The van der Waals surface area contributed by atoms with E-state index in [4.69, 9.17) is 0 Å². The van der Waals surface area contributed by atoms with Crippen LogP contribution in [0, 0.1) is 5.92 Å². The summed E-state index contributed by atoms with van der Waals surface area (Å²) in [5.74, 6) is 1.06. The smallest absolute Gasteiger partial charge is 0.223 e. The molecule has 0 saturated carbocycles. The van der Waals surface area contributed by atoms with Crippen molar-refractivity contribution in [2.45, 2.75) is 26.2 Å². The Balaban J connectivity index is 2.31. The van der Waals surface area contributed by atoms with Gasteiger partial charge in [0.25, 0.3) is 0 Å². The van der Waals surface area contributed by atoms with E-state index in [1.54, 1.807) is 0 Å². The summed E-state index contributed by atoms with van der Waals surface area (Å²) >= 11 is 3.28. The zero-order valence-corrected chi connectivity index (χ0v) is 9.14. The van der Waals surface area contributed by atoms with Gasteiger partial charge in [-0.2, -0.15) is 0 Å². The fourth-order valence-corrected chi connectivity index (χ4v) is 1.97. The summed E-state index contributed by atoms with van der Waals surface area (Å²) in [6.45, 7) is 4.16. The quantitative estimate of drug-likeness (QED) is 0.684. The monoisotopic (exact) mass is 233 g/mol. The maximum atomic E-state index is 11.4. The van der Waals surface area contributed by atoms with Gasteiger partial charge in [-0.05, 0) is 12.3 Å². The van der Waals surface area contributed by atoms with Gasteiger partial charge in [0.15, 0.2) is 0 Å². The molecule has 2 nitrogen and oxygen atoms in total. The van der Waals surface area contributed by atoms with Crippen LogP contribution in [-0.4, -0.2) is 29.2 Å². The Kier molecular flexibility index (Phi) is 4.06. The highest BCUT2D eigenvalue weighted by atomic mass is 79.9. The largest absolute Gasteiger partial charge is 0.342 e. The summed E-state index contributed by atoms with van der Waals surface area (Å²) in [5.41, 5.74) is 0. The summed E-state index contributed by atoms with van der Waals surface area (Å²) in [7, 11) is 0. The number of nitrogens with zero attached hydrogens (tertiary/aromatic N) is 1. The Bertz CT molecular complexity index is 161. The molecule has 1 aliphatic heterocycles. The molecule has 1 heterocycles. The van der Waals surface area contributed by atoms with E-state index in [-0.39, 0.29) is 0 Å². The summed E-state index contributed by atoms with van der Waals surface area (Å²) in [6.07, 6.45) is 3.05. The molecular formula is C9H16BrNO. The molecule has 1 atom stereocenters. The minimum atomic E-state index is 0.308. The van der Waals surface area contributed by atoms with Crippen molar-refractivity contribution in [2.75, 3.05) is 18.4 Å². The third-order valence-electron chi connectivity index (χ3n) is 2.52. The summed E-state index contributed by atoms with van der Waals surface area (Å²) in [4.78, 5) is 13.4. The number of carbonyl (C=O) groups is 1. The Morgan fingerprint density at radius 1 is 1.67 bits per heavy atom. The first kappa shape index (κ1) is 10.0. The second-order valence-corrected chi connectivity index (χ2v) is 4.13. The summed E-state index contributed by atoms with van der Waals surface area (Å²) < 4.78 is 0. The standard InChI is InChI=1S/C9H16BrNO/c1-2-8-4-6-11(7-8)9(12)3-5-10/h8H,2-7H2,1H3. The maximum Gasteiger partial charge on any atom is 0.223 e. The van der Waals surface area contributed by atoms with Gasteiger partial charge >= 0.3 is 0 Å². The van der Waals surface area contributed by atoms with E-state index in [1.807, 2.05) is 4.90 Å². The van der Waals surface area contributed by atoms with Gasteiger partial charge in [-0.25, -0.2) is 0 Å². The van der Waals surface area contributed by atoms with Crippen LogP contribution in [-0.2, 0) is 4.79 Å². The van der Waals surface area contributed by atoms with Crippen LogP contribution in [0.4, 0.5) is 0 Å². The second-order valence-electron chi connectivity index (χ2n) is 3.34. The average Bonchev–Trinajstić information content (AvgIpc) is 2.52. The first-order chi connectivity index (χ1) is 5.77. The van der Waals surface area contributed by atoms with Gasteiger partial charge in [-0.3, -0.25) is 4.79 Å². The molecule has 0 bridgehead atoms. The molecule has 0 aromatic rings. The van der Waals surface area contributed by atoms with Crippen molar-refractivity contribution >= 4 is 21.8 Å². The topological polar surface area (TPSA) is 20.3 Å². The number of alkyl halides is 1. The van der Waals surface area contributed by atoms with Crippen LogP contribution in [0.15, 0.2) is 0 Å². The minimum absolute atomic E-state index is 0.308. The first-order valence-corrected chi connectivity index (χ1v) is 5.73. The Morgan fingerprint density at radius 3 is 2.92 bits per heavy atom. The van der Waals surface area contributed by atoms with Gasteiger partial charge < -0.3 is 4.90 Å². The van der Waals surface area contributed by atoms with Crippen molar-refractivity contribution in [3.05, 3.63) is 0 Å². The van der Waals surface area contributed by atoms with E-state index in [0.29, 0.717) is 12.3 Å². The van der Waals surface area contributed by atoms with E-state index < -0.39 is 0 Å². The number of hydrogen-bond acceptors (Lipinski definition) is 1. The van der Waals surface area contributed by atoms with Crippen LogP contribution in [0.2, 0.25) is 0 Å². The van der Waals surface area contributed by atoms with Gasteiger partial charge in [0.05, 0.1) is 0 Å². The van der Waals surface area contributed by atoms with Crippen molar-refractivity contribution in [1.82, 2.24) is 4.90 Å². The van der Waals surface area contributed by atoms with E-state index in [1.165, 1.54) is 12.8 Å². The lowest BCUT2D eigenvalue weighted by molar-refractivity contribution is -0.129. The molecule has 1 fully saturated rings. The van der Waals surface area contributed by atoms with Crippen molar-refractivity contribution < 1.29 is 4.79 Å². The highest BCUT2D eigenvalue weighted by molar-refractivity contribution is 9.09. The number of carbonyl (C=O) groups excluding carboxylic acids is 1. The molecule has 3 heteroatoms. The number of halogens is 1. The normalized spacial score (nSPS) is 23.2. The predicted molar refractivity (Wildman–Crippen MR) is 53.4 cm³/mol. The number of amides is 1. The number of hydrogen-bond donors (Lipinski definition) is 0. The van der Waals surface area contributed by atoms with E-state index in [2.05, 4.69) is 22.9 Å². The minimum Gasteiger partial charge on any atom is -0.342 e. The van der Waals surface area contributed by atoms with Crippen LogP contribution >= 0.6 is 15.9 Å². The highest BCUT2D eigenvalue weighted by Crippen LogP contribution is 2.19. The molecule has 0 spiro atoms. The van der Waals surface area contributed by atoms with Crippen LogP contribution < -0.4 is 0 Å². The van der Waals surface area contributed by atoms with Crippen molar-refractivity contribution in [2.24, 2.45) is 5.92 Å². The Morgan fingerprint density at radius 2 is 2.42 bits per heavy atom. The molecule has 0 aromatic heterocycles. The molecule has 12 heavy (non-hydrogen) atoms. The van der Waals surface area contributed by atoms with Crippen molar-refractivity contribution in [3.63, 3.8) is 0 Å². The molecule has 0 N–H and O–H groups in total. The lowest BCUT2D eigenvalue weighted by atomic mass is 10.1. The highest BCUT2D eigenvalue weighted by Gasteiger charge is 2.23. The molecule has 1 unspecified atom stereocenters. The maximum absolute atomic E-state index is 11.4. The van der Waals surface area contributed by atoms with E-state index in [0.717, 1.165) is 24.3 Å². The molecular weight excluding hydrogens is 218 g/mol. The number of rotatable bonds is 3. The van der Waals surface area contributed by atoms with Crippen LogP contribution in [0.1, 0.15) is 26.2 Å². The van der Waals surface area contributed by atoms with Crippen LogP contribution in [0.5, 0.6) is 0 Å². The fraction of sp³-hybridized carbons (Fsp3) is 0.889. The van der Waals surface area contributed by atoms with Gasteiger partial charge in [0.2, 0.25) is 5.91 Å². The molecule has 0 aromatic carbocycles. The average molecular weight is 234 g/mol. The third-order valence-corrected chi connectivity index (χ3v) is 2.92. The molecule has 1 aliphatic rings. The Labute approximate surface area is 82.4 Å². The Hall–Kier alpha value is -0.0500. The lowest BCUT2D eigenvalue weighted by Gasteiger charge is -2.15. The summed E-state index contributed by atoms with van der Waals surface area (Å²) in [6, 6.07) is 0. The van der Waals surface area contributed by atoms with E-state index in [9.17, 15) is 4.79 Å². The van der Waals surface area contributed by atoms with Gasteiger partial charge in [0.1, 0.15) is 0 Å². The van der Waals surface area contributed by atoms with E-state index >= 15 is 0 Å². The molecule has 1 amide bonds. The third kappa shape index (κ3) is 2.47. The van der Waals surface area contributed by atoms with Gasteiger partial charge in [-0.15, -0.1) is 0 Å².